The molecule has 0 aromatic heterocycles. The molecule has 0 spiro atoms. The molecule has 0 radical (unpaired) electrons. The van der Waals surface area contributed by atoms with Crippen LogP contribution in [-0.2, 0) is 12.7 Å². The van der Waals surface area contributed by atoms with Gasteiger partial charge in [0, 0.05) is 24.4 Å². The molecule has 1 N–H and O–H groups in total. The Kier molecular flexibility index (Phi) is 4.11. The maximum atomic E-state index is 12.6. The molecule has 0 saturated carbocycles. The fourth-order valence-corrected chi connectivity index (χ4v) is 1.79. The number of nitrogens with zero attached hydrogens (tertiary/aromatic N) is 1. The molecule has 0 aliphatic heterocycles. The van der Waals surface area contributed by atoms with Crippen molar-refractivity contribution >= 4 is 11.4 Å². The normalized spacial score (nSPS) is 11.2. The lowest BCUT2D eigenvalue weighted by molar-refractivity contribution is -0.384. The summed E-state index contributed by atoms with van der Waals surface area (Å²) in [5.41, 5.74) is 0.114. The van der Waals surface area contributed by atoms with Gasteiger partial charge in [-0.05, 0) is 23.8 Å². The molecular formula is C14H11F3N2O2. The largest absolute Gasteiger partial charge is 0.416 e. The number of rotatable bonds is 4. The first-order valence-electron chi connectivity index (χ1n) is 6.01. The van der Waals surface area contributed by atoms with E-state index in [9.17, 15) is 23.3 Å². The molecule has 4 nitrogen and oxygen atoms in total. The molecule has 0 aliphatic rings. The van der Waals surface area contributed by atoms with Crippen LogP contribution in [-0.4, -0.2) is 4.92 Å². The summed E-state index contributed by atoms with van der Waals surface area (Å²) in [7, 11) is 0. The van der Waals surface area contributed by atoms with Crippen LogP contribution < -0.4 is 5.32 Å². The number of nitro groups is 1. The predicted molar refractivity (Wildman–Crippen MR) is 71.9 cm³/mol. The van der Waals surface area contributed by atoms with E-state index in [2.05, 4.69) is 5.32 Å². The van der Waals surface area contributed by atoms with E-state index in [0.717, 1.165) is 12.1 Å². The summed E-state index contributed by atoms with van der Waals surface area (Å²) in [4.78, 5) is 10.1. The highest BCUT2D eigenvalue weighted by Gasteiger charge is 2.30. The van der Waals surface area contributed by atoms with E-state index in [4.69, 9.17) is 0 Å². The molecule has 0 atom stereocenters. The standard InChI is InChI=1S/C14H11F3N2O2/c15-14(16,17)11-4-2-5-12(8-11)18-9-10-3-1-6-13(7-10)19(20)21/h1-8,18H,9H2. The molecule has 0 saturated heterocycles. The van der Waals surface area contributed by atoms with E-state index < -0.39 is 16.7 Å². The van der Waals surface area contributed by atoms with E-state index >= 15 is 0 Å². The van der Waals surface area contributed by atoms with Crippen molar-refractivity contribution in [2.24, 2.45) is 0 Å². The van der Waals surface area contributed by atoms with Crippen molar-refractivity contribution in [1.29, 1.82) is 0 Å². The van der Waals surface area contributed by atoms with Crippen LogP contribution in [0.4, 0.5) is 24.5 Å². The second-order valence-electron chi connectivity index (χ2n) is 4.36. The number of hydrogen-bond donors (Lipinski definition) is 1. The highest BCUT2D eigenvalue weighted by molar-refractivity contribution is 5.47. The molecule has 7 heteroatoms. The van der Waals surface area contributed by atoms with Crippen LogP contribution in [0.1, 0.15) is 11.1 Å². The molecule has 2 aromatic rings. The third-order valence-corrected chi connectivity index (χ3v) is 2.81. The first-order valence-corrected chi connectivity index (χ1v) is 6.01. The van der Waals surface area contributed by atoms with Gasteiger partial charge in [-0.15, -0.1) is 0 Å². The molecule has 0 aliphatic carbocycles. The number of nitrogens with one attached hydrogen (secondary N) is 1. The monoisotopic (exact) mass is 296 g/mol. The minimum atomic E-state index is -4.40. The maximum absolute atomic E-state index is 12.6. The number of alkyl halides is 3. The van der Waals surface area contributed by atoms with Crippen molar-refractivity contribution in [1.82, 2.24) is 0 Å². The summed E-state index contributed by atoms with van der Waals surface area (Å²) in [6, 6.07) is 10.7. The van der Waals surface area contributed by atoms with Crippen LogP contribution in [0.15, 0.2) is 48.5 Å². The van der Waals surface area contributed by atoms with E-state index in [1.165, 1.54) is 30.3 Å². The third-order valence-electron chi connectivity index (χ3n) is 2.81. The Morgan fingerprint density at radius 3 is 2.48 bits per heavy atom. The molecule has 2 rings (SSSR count). The second-order valence-corrected chi connectivity index (χ2v) is 4.36. The van der Waals surface area contributed by atoms with Crippen LogP contribution in [0.5, 0.6) is 0 Å². The van der Waals surface area contributed by atoms with Gasteiger partial charge in [0.05, 0.1) is 10.5 Å². The Balaban J connectivity index is 2.10. The summed E-state index contributed by atoms with van der Waals surface area (Å²) in [5, 5.41) is 13.5. The molecule has 0 fully saturated rings. The summed E-state index contributed by atoms with van der Waals surface area (Å²) in [6.07, 6.45) is -4.40. The van der Waals surface area contributed by atoms with E-state index in [-0.39, 0.29) is 12.2 Å². The SMILES string of the molecule is O=[N+]([O-])c1cccc(CNc2cccc(C(F)(F)F)c2)c1. The topological polar surface area (TPSA) is 55.2 Å². The molecule has 0 unspecified atom stereocenters. The van der Waals surface area contributed by atoms with Gasteiger partial charge in [0.25, 0.3) is 5.69 Å². The first kappa shape index (κ1) is 14.8. The number of benzene rings is 2. The van der Waals surface area contributed by atoms with E-state index in [1.54, 1.807) is 6.07 Å². The van der Waals surface area contributed by atoms with Gasteiger partial charge in [0.1, 0.15) is 0 Å². The zero-order chi connectivity index (χ0) is 15.5. The minimum Gasteiger partial charge on any atom is -0.381 e. The van der Waals surface area contributed by atoms with Crippen LogP contribution in [0.3, 0.4) is 0 Å². The molecular weight excluding hydrogens is 285 g/mol. The van der Waals surface area contributed by atoms with E-state index in [1.807, 2.05) is 0 Å². The zero-order valence-electron chi connectivity index (χ0n) is 10.7. The van der Waals surface area contributed by atoms with Crippen molar-refractivity contribution in [2.75, 3.05) is 5.32 Å². The van der Waals surface area contributed by atoms with Crippen molar-refractivity contribution < 1.29 is 18.1 Å². The van der Waals surface area contributed by atoms with Gasteiger partial charge < -0.3 is 5.32 Å². The van der Waals surface area contributed by atoms with Gasteiger partial charge in [-0.3, -0.25) is 10.1 Å². The van der Waals surface area contributed by atoms with Crippen LogP contribution >= 0.6 is 0 Å². The Hall–Kier alpha value is -2.57. The fraction of sp³-hybridized carbons (Fsp3) is 0.143. The summed E-state index contributed by atoms with van der Waals surface area (Å²) >= 11 is 0. The number of nitro benzene ring substituents is 1. The van der Waals surface area contributed by atoms with Crippen LogP contribution in [0.2, 0.25) is 0 Å². The average molecular weight is 296 g/mol. The Morgan fingerprint density at radius 2 is 1.81 bits per heavy atom. The van der Waals surface area contributed by atoms with Gasteiger partial charge in [0.2, 0.25) is 0 Å². The molecule has 0 heterocycles. The summed E-state index contributed by atoms with van der Waals surface area (Å²) in [5.74, 6) is 0. The van der Waals surface area contributed by atoms with Crippen molar-refractivity contribution in [3.63, 3.8) is 0 Å². The lowest BCUT2D eigenvalue weighted by Gasteiger charge is -2.10. The highest BCUT2D eigenvalue weighted by Crippen LogP contribution is 2.30. The quantitative estimate of drug-likeness (QED) is 0.678. The maximum Gasteiger partial charge on any atom is 0.416 e. The van der Waals surface area contributed by atoms with Crippen molar-refractivity contribution in [3.05, 3.63) is 69.8 Å². The number of hydrogen-bond acceptors (Lipinski definition) is 3. The summed E-state index contributed by atoms with van der Waals surface area (Å²) in [6.45, 7) is 0.197. The van der Waals surface area contributed by atoms with Crippen molar-refractivity contribution in [3.8, 4) is 0 Å². The number of halogens is 3. The first-order chi connectivity index (χ1) is 9.86. The third kappa shape index (κ3) is 3.95. The molecule has 110 valence electrons. The zero-order valence-corrected chi connectivity index (χ0v) is 10.7. The minimum absolute atomic E-state index is 0.0571. The van der Waals surface area contributed by atoms with Crippen LogP contribution in [0.25, 0.3) is 0 Å². The van der Waals surface area contributed by atoms with Crippen molar-refractivity contribution in [2.45, 2.75) is 12.7 Å². The molecule has 21 heavy (non-hydrogen) atoms. The van der Waals surface area contributed by atoms with Gasteiger partial charge in [-0.1, -0.05) is 18.2 Å². The fourth-order valence-electron chi connectivity index (χ4n) is 1.79. The molecule has 0 bridgehead atoms. The van der Waals surface area contributed by atoms with E-state index in [0.29, 0.717) is 11.3 Å². The van der Waals surface area contributed by atoms with Gasteiger partial charge in [-0.25, -0.2) is 0 Å². The Morgan fingerprint density at radius 1 is 1.10 bits per heavy atom. The molecule has 0 amide bonds. The Labute approximate surface area is 118 Å². The molecule has 2 aromatic carbocycles. The Bertz CT molecular complexity index is 657. The smallest absolute Gasteiger partial charge is 0.381 e. The lowest BCUT2D eigenvalue weighted by Crippen LogP contribution is -2.06. The second kappa shape index (κ2) is 5.82. The number of anilines is 1. The predicted octanol–water partition coefficient (Wildman–Crippen LogP) is 4.23. The lowest BCUT2D eigenvalue weighted by atomic mass is 10.1. The number of non-ortho nitro benzene ring substituents is 1. The van der Waals surface area contributed by atoms with Gasteiger partial charge >= 0.3 is 6.18 Å². The summed E-state index contributed by atoms with van der Waals surface area (Å²) < 4.78 is 37.7. The highest BCUT2D eigenvalue weighted by atomic mass is 19.4. The van der Waals surface area contributed by atoms with Gasteiger partial charge in [0.15, 0.2) is 0 Å². The van der Waals surface area contributed by atoms with Gasteiger partial charge in [-0.2, -0.15) is 13.2 Å². The van der Waals surface area contributed by atoms with Crippen LogP contribution in [0, 0.1) is 10.1 Å². The average Bonchev–Trinajstić information content (AvgIpc) is 2.45.